The van der Waals surface area contributed by atoms with E-state index in [1.165, 1.54) is 94.3 Å². The predicted octanol–water partition coefficient (Wildman–Crippen LogP) is 26.9. The lowest BCUT2D eigenvalue weighted by Gasteiger charge is -2.59. The summed E-state index contributed by atoms with van der Waals surface area (Å²) in [7, 11) is 0. The van der Waals surface area contributed by atoms with E-state index < -0.39 is 49.0 Å². The number of carbonyl (C=O) groups is 9. The second-order valence-electron chi connectivity index (χ2n) is 38.2. The minimum absolute atomic E-state index is 0.00230. The molecule has 8 aromatic carbocycles. The maximum atomic E-state index is 13.6. The highest BCUT2D eigenvalue weighted by Crippen LogP contribution is 2.54. The third kappa shape index (κ3) is 25.6. The number of benzene rings is 8. The lowest BCUT2D eigenvalue weighted by atomic mass is 9.57. The monoisotopic (exact) mass is 2140 g/mol. The summed E-state index contributed by atoms with van der Waals surface area (Å²) in [6, 6.07) is 30.1. The van der Waals surface area contributed by atoms with Gasteiger partial charge >= 0.3 is 25.7 Å². The first-order valence-electron chi connectivity index (χ1n) is 47.0. The van der Waals surface area contributed by atoms with Crippen molar-refractivity contribution in [2.45, 2.75) is 178 Å². The number of ketones is 3. The Morgan fingerprint density at radius 2 is 0.705 bits per heavy atom. The lowest BCUT2D eigenvalue weighted by Crippen LogP contribution is -2.63. The number of aromatic nitrogens is 4. The van der Waals surface area contributed by atoms with E-state index in [0.29, 0.717) is 192 Å². The summed E-state index contributed by atoms with van der Waals surface area (Å²) in [5, 5.41) is 12.1. The third-order valence-corrected chi connectivity index (χ3v) is 29.5. The average molecular weight is 2150 g/mol. The van der Waals surface area contributed by atoms with Crippen molar-refractivity contribution in [3.05, 3.63) is 266 Å². The molecule has 1 aliphatic carbocycles. The maximum absolute atomic E-state index is 13.6. The summed E-state index contributed by atoms with van der Waals surface area (Å²) in [6.07, 6.45) is 0.640. The van der Waals surface area contributed by atoms with Gasteiger partial charge in [-0.2, -0.15) is 8.78 Å². The van der Waals surface area contributed by atoms with Crippen LogP contribution in [0.2, 0.25) is 30.1 Å². The van der Waals surface area contributed by atoms with Crippen LogP contribution in [0.3, 0.4) is 0 Å². The summed E-state index contributed by atoms with van der Waals surface area (Å²) < 4.78 is 162. The highest BCUT2D eigenvalue weighted by atomic mass is 35.5. The van der Waals surface area contributed by atoms with Gasteiger partial charge in [-0.1, -0.05) is 82.3 Å². The van der Waals surface area contributed by atoms with Crippen LogP contribution in [0.4, 0.5) is 48.3 Å². The van der Waals surface area contributed by atoms with Crippen LogP contribution in [-0.4, -0.2) is 174 Å². The number of hydrogen-bond donors (Lipinski definition) is 1. The molecule has 17 rings (SSSR count). The van der Waals surface area contributed by atoms with Crippen LogP contribution in [-0.2, 0) is 27.5 Å². The number of alkyl halides is 11. The van der Waals surface area contributed by atoms with Gasteiger partial charge in [0.1, 0.15) is 40.3 Å². The molecule has 0 radical (unpaired) electrons. The van der Waals surface area contributed by atoms with E-state index in [9.17, 15) is 96.6 Å². The Hall–Kier alpha value is -12.1. The molecule has 0 unspecified atom stereocenters. The molecule has 12 aromatic rings. The minimum atomic E-state index is -4.85. The van der Waals surface area contributed by atoms with Gasteiger partial charge in [0.2, 0.25) is 0 Å². The number of allylic oxidation sites excluding steroid dienone is 1. The largest absolute Gasteiger partial charge is 0.573 e. The Labute approximate surface area is 863 Å². The van der Waals surface area contributed by atoms with E-state index in [2.05, 4.69) is 25.5 Å². The number of halogens is 17. The second-order valence-corrected chi connectivity index (χ2v) is 40.6. The average Bonchev–Trinajstić information content (AvgIpc) is 1.03. The zero-order valence-electron chi connectivity index (χ0n) is 80.8. The van der Waals surface area contributed by atoms with E-state index in [1.54, 1.807) is 86.6 Å². The standard InChI is InChI=1S/C28H31F3N2O3.C27H23Cl2F3N2O4.C26H23Cl2F3N2O4.C26H26Cl2F2N2O3/c1-17-5-6-24(27(35)32-10-7-21(8-11-32)14-19(3)34)20(4)25(17)16-33-12-9-22-15-23(36-28(29,30)31)13-18(2)26(22)33;1-14-7-18(38-27(30,31)32)9-17-5-6-34(23(14)17)25(37)21-20(28)4-3-19(22(21)29)24(36)33-12-26(13-33)10-16(11-26)8-15(2)35;1-14-11-18(37-26(29,30)31)13-17-7-10-33(23(14)17)25(36)21-20(27)4-3-19(22(21)28)24(35)32-8-5-16(6-9-32)12-15(2)34;1-15-11-19(35-26(29)30)13-18-7-10-32(24(15)18)14-21-22(27)4-3-20(23(21)28)25(34)31-8-5-17(6-9-31)12-16(2)33/h5-6,9,12-13,15,21H,7-8,10-11,14,16H2,1-4H3;3-7,9,16,35H,2,8,10-13H2,1H3;3-4,7,10-11,13,16H,5-6,8-9,12H2,1-2H3;3-4,7,10-11,13,17,26H,5-6,8-9,12,14H2,1-2H3. The Bertz CT molecular complexity index is 7110. The molecule has 0 bridgehead atoms. The molecule has 22 nitrogen and oxygen atoms in total. The molecule has 0 atom stereocenters. The number of piperidine rings is 3. The maximum Gasteiger partial charge on any atom is 0.573 e. The van der Waals surface area contributed by atoms with E-state index in [-0.39, 0.29) is 112 Å². The van der Waals surface area contributed by atoms with Crippen molar-refractivity contribution in [3.8, 4) is 23.0 Å². The number of rotatable bonds is 23. The number of aliphatic hydroxyl groups is 1. The van der Waals surface area contributed by atoms with Gasteiger partial charge in [0, 0.05) is 152 Å². The van der Waals surface area contributed by atoms with E-state index in [0.717, 1.165) is 77.2 Å². The molecule has 1 N–H and O–H groups in total. The van der Waals surface area contributed by atoms with Crippen molar-refractivity contribution in [2.75, 3.05) is 52.4 Å². The number of aryl methyl sites for hydroxylation is 5. The first-order chi connectivity index (χ1) is 68.7. The Morgan fingerprint density at radius 1 is 0.384 bits per heavy atom. The predicted molar refractivity (Wildman–Crippen MR) is 536 cm³/mol. The molecule has 1 saturated carbocycles. The van der Waals surface area contributed by atoms with E-state index >= 15 is 0 Å². The van der Waals surface area contributed by atoms with Gasteiger partial charge in [-0.15, -0.1) is 39.5 Å². The van der Waals surface area contributed by atoms with Crippen LogP contribution < -0.4 is 18.9 Å². The van der Waals surface area contributed by atoms with Crippen molar-refractivity contribution in [2.24, 2.45) is 29.1 Å². The summed E-state index contributed by atoms with van der Waals surface area (Å²) in [6.45, 7) is 21.3. The first kappa shape index (κ1) is 110. The molecule has 146 heavy (non-hydrogen) atoms. The number of ether oxygens (including phenoxy) is 4. The van der Waals surface area contributed by atoms with E-state index in [1.807, 2.05) is 65.4 Å². The van der Waals surface area contributed by atoms with Gasteiger partial charge in [0.05, 0.1) is 87.3 Å². The van der Waals surface area contributed by atoms with Crippen LogP contribution in [0.1, 0.15) is 204 Å². The molecule has 4 aliphatic heterocycles. The van der Waals surface area contributed by atoms with Gasteiger partial charge in [-0.3, -0.25) is 37.9 Å². The number of nitrogens with zero attached hydrogens (tertiary/aromatic N) is 8. The molecule has 8 heterocycles. The summed E-state index contributed by atoms with van der Waals surface area (Å²) in [5.74, 6) is -1.13. The first-order valence-corrected chi connectivity index (χ1v) is 49.2. The van der Waals surface area contributed by atoms with Crippen molar-refractivity contribution in [1.29, 1.82) is 0 Å². The smallest absolute Gasteiger partial charge is 0.513 e. The minimum Gasteiger partial charge on any atom is -0.513 e. The highest BCUT2D eigenvalue weighted by Gasteiger charge is 2.54. The Morgan fingerprint density at radius 3 is 1.08 bits per heavy atom. The molecular formula is C107H103Cl6F11N8O14. The summed E-state index contributed by atoms with van der Waals surface area (Å²) in [4.78, 5) is 121. The number of amides is 4. The molecule has 5 fully saturated rings. The van der Waals surface area contributed by atoms with Crippen LogP contribution in [0, 0.1) is 70.6 Å². The topological polar surface area (TPSA) is 243 Å². The van der Waals surface area contributed by atoms with Crippen LogP contribution in [0.15, 0.2) is 158 Å². The second kappa shape index (κ2) is 44.9. The van der Waals surface area contributed by atoms with Crippen molar-refractivity contribution in [1.82, 2.24) is 37.9 Å². The number of fused-ring (bicyclic) bond motifs is 4. The fourth-order valence-electron chi connectivity index (χ4n) is 20.8. The number of hydrogen-bond acceptors (Lipinski definition) is 14. The van der Waals surface area contributed by atoms with Gasteiger partial charge in [0.25, 0.3) is 35.4 Å². The highest BCUT2D eigenvalue weighted by molar-refractivity contribution is 6.43. The molecule has 774 valence electrons. The van der Waals surface area contributed by atoms with Crippen LogP contribution in [0.25, 0.3) is 43.6 Å². The molecular weight excluding hydrogens is 2040 g/mol. The number of Topliss-reactive ketones (excluding diaryl/α,β-unsaturated/α-hetero) is 3. The van der Waals surface area contributed by atoms with Gasteiger partial charge in [-0.25, -0.2) is 0 Å². The zero-order valence-corrected chi connectivity index (χ0v) is 85.3. The van der Waals surface area contributed by atoms with Crippen LogP contribution >= 0.6 is 69.6 Å². The third-order valence-electron chi connectivity index (χ3n) is 27.3. The number of aliphatic hydroxyl groups excluding tert-OH is 1. The molecule has 1 spiro atoms. The molecule has 4 amide bonds. The Balaban J connectivity index is 0.000000154. The number of likely N-dealkylation sites (tertiary alicyclic amines) is 4. The van der Waals surface area contributed by atoms with Crippen molar-refractivity contribution >= 4 is 166 Å². The van der Waals surface area contributed by atoms with Gasteiger partial charge in [0.15, 0.2) is 0 Å². The molecule has 5 aliphatic rings. The SMILES string of the molecule is C=C(O)CC1CC2(C1)CN(C(=O)c1ccc(Cl)c(C(=O)n3ccc4cc(OC(F)(F)F)cc(C)c43)c1Cl)C2.CC(=O)CC1CCN(C(=O)c2ccc(C)c(Cn3ccc4cc(OC(F)(F)F)cc(C)c43)c2C)CC1.CC(=O)CC1CCN(C(=O)c2ccc(Cl)c(C(=O)n3ccc4cc(OC(F)(F)F)cc(C)c43)c2Cl)CC1.CC(=O)CC1CCN(C(=O)c2ccc(Cl)c(Cn3ccc4cc(OC(F)F)cc(C)c43)c2Cl)CC1. The Kier molecular flexibility index (Phi) is 33.7. The quantitative estimate of drug-likeness (QED) is 0.0462. The fraction of sp³-hybridized carbons (Fsp3) is 0.374. The van der Waals surface area contributed by atoms with Crippen molar-refractivity contribution < 1.29 is 115 Å². The number of carbonyl (C=O) groups excluding carboxylic acids is 9. The van der Waals surface area contributed by atoms with Gasteiger partial charge < -0.3 is 67.2 Å². The zero-order chi connectivity index (χ0) is 106. The summed E-state index contributed by atoms with van der Waals surface area (Å²) in [5.41, 5.74) is 9.31. The normalized spacial score (nSPS) is 15.3. The van der Waals surface area contributed by atoms with Crippen molar-refractivity contribution in [3.63, 3.8) is 0 Å². The summed E-state index contributed by atoms with van der Waals surface area (Å²) >= 11 is 39.1. The van der Waals surface area contributed by atoms with Crippen LogP contribution in [0.5, 0.6) is 23.0 Å². The molecule has 4 aromatic heterocycles. The molecule has 4 saturated heterocycles. The lowest BCUT2D eigenvalue weighted by molar-refractivity contribution is -0.275. The fourth-order valence-corrected chi connectivity index (χ4v) is 22.6. The molecule has 39 heteroatoms. The van der Waals surface area contributed by atoms with E-state index in [4.69, 9.17) is 69.6 Å². The van der Waals surface area contributed by atoms with Gasteiger partial charge in [-0.05, 0) is 292 Å².